The number of aromatic nitrogens is 4. The van der Waals surface area contributed by atoms with E-state index < -0.39 is 0 Å². The zero-order valence-corrected chi connectivity index (χ0v) is 11.8. The molecule has 0 spiro atoms. The van der Waals surface area contributed by atoms with Crippen LogP contribution in [-0.2, 0) is 16.1 Å². The van der Waals surface area contributed by atoms with Gasteiger partial charge in [0.2, 0.25) is 0 Å². The number of nitrogens with zero attached hydrogens (tertiary/aromatic N) is 5. The number of carbonyl (C=O) groups is 1. The van der Waals surface area contributed by atoms with E-state index in [0.717, 1.165) is 30.9 Å². The number of likely N-dealkylation sites (tertiary alicyclic amines) is 1. The molecule has 7 heteroatoms. The quantitative estimate of drug-likeness (QED) is 0.774. The summed E-state index contributed by atoms with van der Waals surface area (Å²) in [4.78, 5) is 13.9. The number of rotatable bonds is 4. The van der Waals surface area contributed by atoms with Crippen LogP contribution in [0.2, 0.25) is 0 Å². The van der Waals surface area contributed by atoms with E-state index in [1.165, 1.54) is 7.11 Å². The Hall–Kier alpha value is -2.28. The van der Waals surface area contributed by atoms with Gasteiger partial charge in [-0.25, -0.2) is 0 Å². The lowest BCUT2D eigenvalue weighted by Gasteiger charge is -2.21. The smallest absolute Gasteiger partial charge is 0.323 e. The van der Waals surface area contributed by atoms with Crippen molar-refractivity contribution in [1.82, 2.24) is 25.1 Å². The monoisotopic (exact) mass is 287 g/mol. The predicted molar refractivity (Wildman–Crippen MR) is 74.6 cm³/mol. The highest BCUT2D eigenvalue weighted by Gasteiger charge is 2.32. The molecular formula is C14H17N5O2. The van der Waals surface area contributed by atoms with Crippen LogP contribution in [0.5, 0.6) is 0 Å². The highest BCUT2D eigenvalue weighted by atomic mass is 16.5. The first-order chi connectivity index (χ1) is 10.3. The number of tetrazole rings is 1. The summed E-state index contributed by atoms with van der Waals surface area (Å²) in [7, 11) is 1.42. The fourth-order valence-electron chi connectivity index (χ4n) is 2.67. The molecule has 3 rings (SSSR count). The maximum Gasteiger partial charge on any atom is 0.323 e. The third-order valence-corrected chi connectivity index (χ3v) is 3.72. The molecule has 110 valence electrons. The first-order valence-corrected chi connectivity index (χ1v) is 6.94. The maximum absolute atomic E-state index is 11.8. The van der Waals surface area contributed by atoms with Gasteiger partial charge in [0.15, 0.2) is 5.82 Å². The van der Waals surface area contributed by atoms with Crippen molar-refractivity contribution in [2.45, 2.75) is 25.4 Å². The van der Waals surface area contributed by atoms with Crippen LogP contribution in [0.4, 0.5) is 0 Å². The number of esters is 1. The van der Waals surface area contributed by atoms with E-state index in [0.29, 0.717) is 6.54 Å². The summed E-state index contributed by atoms with van der Waals surface area (Å²) in [6.07, 6.45) is 1.80. The first-order valence-electron chi connectivity index (χ1n) is 6.94. The SMILES string of the molecule is COC(=O)C1CCCN1Cc1nnnn1-c1ccccc1. The Kier molecular flexibility index (Phi) is 3.92. The van der Waals surface area contributed by atoms with Crippen LogP contribution in [0.3, 0.4) is 0 Å². The minimum Gasteiger partial charge on any atom is -0.468 e. The van der Waals surface area contributed by atoms with Gasteiger partial charge in [0.05, 0.1) is 19.3 Å². The fourth-order valence-corrected chi connectivity index (χ4v) is 2.67. The molecule has 1 saturated heterocycles. The summed E-state index contributed by atoms with van der Waals surface area (Å²) in [6.45, 7) is 1.38. The third kappa shape index (κ3) is 2.78. The van der Waals surface area contributed by atoms with Gasteiger partial charge in [0.25, 0.3) is 0 Å². The molecule has 1 aromatic carbocycles. The molecule has 0 radical (unpaired) electrons. The number of para-hydroxylation sites is 1. The largest absolute Gasteiger partial charge is 0.468 e. The standard InChI is InChI=1S/C14H17N5O2/c1-21-14(20)12-8-5-9-18(12)10-13-15-16-17-19(13)11-6-3-2-4-7-11/h2-4,6-7,12H,5,8-10H2,1H3. The van der Waals surface area contributed by atoms with E-state index in [4.69, 9.17) is 4.74 Å². The van der Waals surface area contributed by atoms with Crippen LogP contribution >= 0.6 is 0 Å². The summed E-state index contributed by atoms with van der Waals surface area (Å²) < 4.78 is 6.56. The number of hydrogen-bond donors (Lipinski definition) is 0. The van der Waals surface area contributed by atoms with E-state index in [-0.39, 0.29) is 12.0 Å². The summed E-state index contributed by atoms with van der Waals surface area (Å²) in [5.74, 6) is 0.531. The van der Waals surface area contributed by atoms with Gasteiger partial charge in [-0.15, -0.1) is 5.10 Å². The van der Waals surface area contributed by atoms with Crippen LogP contribution in [-0.4, -0.2) is 50.8 Å². The van der Waals surface area contributed by atoms with Crippen molar-refractivity contribution in [2.24, 2.45) is 0 Å². The van der Waals surface area contributed by atoms with Gasteiger partial charge < -0.3 is 4.74 Å². The lowest BCUT2D eigenvalue weighted by Crippen LogP contribution is -2.37. The Morgan fingerprint density at radius 3 is 2.95 bits per heavy atom. The number of ether oxygens (including phenoxy) is 1. The average Bonchev–Trinajstić information content (AvgIpc) is 3.17. The van der Waals surface area contributed by atoms with E-state index >= 15 is 0 Å². The van der Waals surface area contributed by atoms with Crippen molar-refractivity contribution in [3.05, 3.63) is 36.2 Å². The average molecular weight is 287 g/mol. The lowest BCUT2D eigenvalue weighted by atomic mass is 10.2. The van der Waals surface area contributed by atoms with Crippen LogP contribution in [0.1, 0.15) is 18.7 Å². The first kappa shape index (κ1) is 13.7. The molecule has 7 nitrogen and oxygen atoms in total. The van der Waals surface area contributed by atoms with Crippen molar-refractivity contribution < 1.29 is 9.53 Å². The fraction of sp³-hybridized carbons (Fsp3) is 0.429. The Balaban J connectivity index is 1.80. The summed E-state index contributed by atoms with van der Waals surface area (Å²) in [5.41, 5.74) is 0.909. The normalized spacial score (nSPS) is 18.8. The molecule has 1 aliphatic heterocycles. The molecule has 0 aliphatic carbocycles. The highest BCUT2D eigenvalue weighted by molar-refractivity contribution is 5.75. The van der Waals surface area contributed by atoms with Gasteiger partial charge in [-0.05, 0) is 41.9 Å². The molecule has 0 bridgehead atoms. The summed E-state index contributed by atoms with van der Waals surface area (Å²) in [5, 5.41) is 11.9. The Morgan fingerprint density at radius 1 is 1.38 bits per heavy atom. The molecule has 1 aromatic heterocycles. The van der Waals surface area contributed by atoms with E-state index in [9.17, 15) is 4.79 Å². The van der Waals surface area contributed by atoms with E-state index in [2.05, 4.69) is 20.4 Å². The number of benzene rings is 1. The second-order valence-electron chi connectivity index (χ2n) is 4.99. The third-order valence-electron chi connectivity index (χ3n) is 3.72. The van der Waals surface area contributed by atoms with E-state index in [1.54, 1.807) is 4.68 Å². The second kappa shape index (κ2) is 6.01. The van der Waals surface area contributed by atoms with Crippen molar-refractivity contribution in [1.29, 1.82) is 0 Å². The minimum absolute atomic E-state index is 0.189. The molecule has 1 aliphatic rings. The molecule has 1 fully saturated rings. The zero-order valence-electron chi connectivity index (χ0n) is 11.8. The summed E-state index contributed by atoms with van der Waals surface area (Å²) >= 11 is 0. The second-order valence-corrected chi connectivity index (χ2v) is 4.99. The number of methoxy groups -OCH3 is 1. The zero-order chi connectivity index (χ0) is 14.7. The molecule has 0 saturated carbocycles. The topological polar surface area (TPSA) is 73.1 Å². The van der Waals surface area contributed by atoms with Crippen molar-refractivity contribution in [3.8, 4) is 5.69 Å². The molecule has 21 heavy (non-hydrogen) atoms. The molecule has 2 aromatic rings. The number of hydrogen-bond acceptors (Lipinski definition) is 6. The lowest BCUT2D eigenvalue weighted by molar-refractivity contribution is -0.146. The minimum atomic E-state index is -0.198. The predicted octanol–water partition coefficient (Wildman–Crippen LogP) is 0.800. The van der Waals surface area contributed by atoms with E-state index in [1.807, 2.05) is 30.3 Å². The van der Waals surface area contributed by atoms with Gasteiger partial charge in [-0.1, -0.05) is 18.2 Å². The molecule has 1 unspecified atom stereocenters. The molecule has 0 amide bonds. The Labute approximate surface area is 122 Å². The maximum atomic E-state index is 11.8. The van der Waals surface area contributed by atoms with Crippen molar-refractivity contribution in [3.63, 3.8) is 0 Å². The Bertz CT molecular complexity index is 613. The Morgan fingerprint density at radius 2 is 2.19 bits per heavy atom. The van der Waals surface area contributed by atoms with Gasteiger partial charge >= 0.3 is 5.97 Å². The van der Waals surface area contributed by atoms with Gasteiger partial charge in [-0.3, -0.25) is 9.69 Å². The van der Waals surface area contributed by atoms with Gasteiger partial charge in [0, 0.05) is 0 Å². The molecule has 2 heterocycles. The highest BCUT2D eigenvalue weighted by Crippen LogP contribution is 2.21. The number of carbonyl (C=O) groups excluding carboxylic acids is 1. The van der Waals surface area contributed by atoms with Crippen LogP contribution < -0.4 is 0 Å². The van der Waals surface area contributed by atoms with Crippen LogP contribution in [0.25, 0.3) is 5.69 Å². The van der Waals surface area contributed by atoms with Crippen molar-refractivity contribution in [2.75, 3.05) is 13.7 Å². The van der Waals surface area contributed by atoms with Crippen LogP contribution in [0.15, 0.2) is 30.3 Å². The van der Waals surface area contributed by atoms with Crippen LogP contribution in [0, 0.1) is 0 Å². The molecule has 0 N–H and O–H groups in total. The van der Waals surface area contributed by atoms with Crippen molar-refractivity contribution >= 4 is 5.97 Å². The molecule has 1 atom stereocenters. The summed E-state index contributed by atoms with van der Waals surface area (Å²) in [6, 6.07) is 9.52. The molecular weight excluding hydrogens is 270 g/mol. The van der Waals surface area contributed by atoms with Gasteiger partial charge in [-0.2, -0.15) is 4.68 Å². The van der Waals surface area contributed by atoms with Gasteiger partial charge in [0.1, 0.15) is 6.04 Å².